The minimum atomic E-state index is -0.754. The van der Waals surface area contributed by atoms with E-state index in [2.05, 4.69) is 28.0 Å². The predicted molar refractivity (Wildman–Crippen MR) is 61.3 cm³/mol. The summed E-state index contributed by atoms with van der Waals surface area (Å²) in [5, 5.41) is 0. The third-order valence-electron chi connectivity index (χ3n) is 2.01. The van der Waals surface area contributed by atoms with Crippen molar-refractivity contribution >= 4 is 29.1 Å². The number of hydrogen-bond donors (Lipinski definition) is 0. The van der Waals surface area contributed by atoms with E-state index in [1.165, 1.54) is 4.43 Å². The molecule has 1 heterocycles. The van der Waals surface area contributed by atoms with E-state index in [9.17, 15) is 4.39 Å². The summed E-state index contributed by atoms with van der Waals surface area (Å²) in [7, 11) is 2.13. The van der Waals surface area contributed by atoms with E-state index >= 15 is 0 Å². The molecule has 1 aliphatic heterocycles. The standard InChI is InChI=1S/C8H15FIP/c1-8(2)5-10(3)6(8)4-7(9)11/h4,6H,5,11H2,1-3H3/b7-4+. The second kappa shape index (κ2) is 3.29. The molecule has 1 fully saturated rings. The van der Waals surface area contributed by atoms with Gasteiger partial charge < -0.3 is 0 Å². The molecule has 0 aromatic heterocycles. The first-order chi connectivity index (χ1) is 4.93. The number of alkyl halides is 3. The molecule has 0 aromatic rings. The fourth-order valence-electron chi connectivity index (χ4n) is 1.59. The molecule has 11 heavy (non-hydrogen) atoms. The van der Waals surface area contributed by atoms with Crippen molar-refractivity contribution in [3.63, 3.8) is 0 Å². The Bertz CT molecular complexity index is 185. The van der Waals surface area contributed by atoms with Gasteiger partial charge in [-0.1, -0.05) is 0 Å². The third kappa shape index (κ3) is 2.15. The molecule has 0 spiro atoms. The summed E-state index contributed by atoms with van der Waals surface area (Å²) in [4.78, 5) is 2.34. The van der Waals surface area contributed by atoms with Crippen LogP contribution in [0.4, 0.5) is 4.39 Å². The molecule has 66 valence electrons. The maximum atomic E-state index is 12.5. The van der Waals surface area contributed by atoms with Crippen LogP contribution in [0.1, 0.15) is 13.8 Å². The number of hydrogen-bond acceptors (Lipinski definition) is 0. The molecule has 1 saturated heterocycles. The van der Waals surface area contributed by atoms with Crippen molar-refractivity contribution < 1.29 is 4.39 Å². The van der Waals surface area contributed by atoms with E-state index in [0.29, 0.717) is 9.34 Å². The molecule has 0 aliphatic carbocycles. The van der Waals surface area contributed by atoms with Gasteiger partial charge in [-0.25, -0.2) is 0 Å². The molecular weight excluding hydrogens is 273 g/mol. The van der Waals surface area contributed by atoms with Crippen LogP contribution in [0.3, 0.4) is 0 Å². The van der Waals surface area contributed by atoms with Crippen LogP contribution in [0.5, 0.6) is 0 Å². The van der Waals surface area contributed by atoms with Gasteiger partial charge in [0.05, 0.1) is 0 Å². The van der Waals surface area contributed by atoms with Crippen LogP contribution < -0.4 is 0 Å². The zero-order valence-electron chi connectivity index (χ0n) is 7.20. The Hall–Kier alpha value is 0.830. The molecule has 2 atom stereocenters. The van der Waals surface area contributed by atoms with Crippen molar-refractivity contribution in [3.8, 4) is 0 Å². The van der Waals surface area contributed by atoms with Gasteiger partial charge in [-0.3, -0.25) is 0 Å². The molecule has 0 amide bonds. The first-order valence-electron chi connectivity index (χ1n) is 3.61. The van der Waals surface area contributed by atoms with Gasteiger partial charge in [0.25, 0.3) is 0 Å². The Morgan fingerprint density at radius 2 is 2.27 bits per heavy atom. The van der Waals surface area contributed by atoms with Gasteiger partial charge in [-0.05, 0) is 0 Å². The molecule has 0 N–H and O–H groups in total. The maximum absolute atomic E-state index is 12.5. The Balaban J connectivity index is 2.64. The molecule has 2 unspecified atom stereocenters. The van der Waals surface area contributed by atoms with E-state index in [-0.39, 0.29) is 5.57 Å². The van der Waals surface area contributed by atoms with Crippen molar-refractivity contribution in [1.29, 1.82) is 0 Å². The summed E-state index contributed by atoms with van der Waals surface area (Å²) in [5.74, 6) is 0. The molecule has 0 radical (unpaired) electrons. The third-order valence-corrected chi connectivity index (χ3v) is 9.71. The van der Waals surface area contributed by atoms with Crippen LogP contribution in [0.2, 0.25) is 0 Å². The van der Waals surface area contributed by atoms with Crippen LogP contribution in [-0.2, 0) is 0 Å². The first-order valence-corrected chi connectivity index (χ1v) is 9.11. The van der Waals surface area contributed by atoms with Gasteiger partial charge in [0.1, 0.15) is 0 Å². The van der Waals surface area contributed by atoms with Crippen molar-refractivity contribution in [2.75, 3.05) is 9.36 Å². The van der Waals surface area contributed by atoms with E-state index in [1.807, 2.05) is 0 Å². The summed E-state index contributed by atoms with van der Waals surface area (Å²) in [6.07, 6.45) is 1.80. The van der Waals surface area contributed by atoms with Crippen molar-refractivity contribution in [2.24, 2.45) is 5.41 Å². The summed E-state index contributed by atoms with van der Waals surface area (Å²) in [6.45, 7) is 4.47. The van der Waals surface area contributed by atoms with Crippen LogP contribution in [0, 0.1) is 5.41 Å². The Labute approximate surface area is 77.6 Å². The second-order valence-corrected chi connectivity index (χ2v) is 10.0. The Kier molecular flexibility index (Phi) is 2.97. The molecule has 0 aromatic carbocycles. The van der Waals surface area contributed by atoms with Gasteiger partial charge >= 0.3 is 77.6 Å². The van der Waals surface area contributed by atoms with E-state index < -0.39 is 19.8 Å². The van der Waals surface area contributed by atoms with Crippen LogP contribution in [-0.4, -0.2) is 13.3 Å². The normalized spacial score (nSPS) is 33.4. The molecule has 1 rings (SSSR count). The summed E-state index contributed by atoms with van der Waals surface area (Å²) >= 11 is -0.754. The Morgan fingerprint density at radius 3 is 2.45 bits per heavy atom. The van der Waals surface area contributed by atoms with Crippen LogP contribution in [0.15, 0.2) is 11.6 Å². The van der Waals surface area contributed by atoms with Gasteiger partial charge in [0.15, 0.2) is 0 Å². The molecule has 0 nitrogen and oxygen atoms in total. The minimum absolute atomic E-state index is 0.0769. The van der Waals surface area contributed by atoms with Gasteiger partial charge in [-0.15, -0.1) is 0 Å². The van der Waals surface area contributed by atoms with Crippen LogP contribution in [0.25, 0.3) is 0 Å². The van der Waals surface area contributed by atoms with Crippen molar-refractivity contribution in [2.45, 2.75) is 17.8 Å². The molecule has 0 saturated carbocycles. The van der Waals surface area contributed by atoms with Gasteiger partial charge in [-0.2, -0.15) is 0 Å². The van der Waals surface area contributed by atoms with Crippen LogP contribution >= 0.6 is 29.1 Å². The van der Waals surface area contributed by atoms with E-state index in [0.717, 1.165) is 0 Å². The number of halogens is 2. The first kappa shape index (κ1) is 9.91. The second-order valence-electron chi connectivity index (χ2n) is 3.72. The average molecular weight is 288 g/mol. The number of rotatable bonds is 1. The monoisotopic (exact) mass is 288 g/mol. The predicted octanol–water partition coefficient (Wildman–Crippen LogP) is 3.22. The summed E-state index contributed by atoms with van der Waals surface area (Å²) in [5.41, 5.74) is 0.306. The van der Waals surface area contributed by atoms with Crippen molar-refractivity contribution in [1.82, 2.24) is 0 Å². The molecule has 0 bridgehead atoms. The van der Waals surface area contributed by atoms with E-state index in [1.54, 1.807) is 6.08 Å². The summed E-state index contributed by atoms with van der Waals surface area (Å²) in [6, 6.07) is 0. The summed E-state index contributed by atoms with van der Waals surface area (Å²) < 4.78 is 14.5. The average Bonchev–Trinajstić information content (AvgIpc) is 1.82. The number of allylic oxidation sites excluding steroid dienone is 1. The molecule has 3 heteroatoms. The molecular formula is C8H15FIP. The zero-order chi connectivity index (χ0) is 8.65. The zero-order valence-corrected chi connectivity index (χ0v) is 10.5. The topological polar surface area (TPSA) is 0 Å². The fourth-order valence-corrected chi connectivity index (χ4v) is 9.49. The van der Waals surface area contributed by atoms with E-state index in [4.69, 9.17) is 0 Å². The SMILES string of the molecule is CI1CC(C)(C)C1/C=C(\F)P. The van der Waals surface area contributed by atoms with Gasteiger partial charge in [0, 0.05) is 0 Å². The fraction of sp³-hybridized carbons (Fsp3) is 0.750. The van der Waals surface area contributed by atoms with Gasteiger partial charge in [0.2, 0.25) is 0 Å². The Morgan fingerprint density at radius 1 is 1.73 bits per heavy atom. The quantitative estimate of drug-likeness (QED) is 0.395. The molecule has 1 aliphatic rings. The van der Waals surface area contributed by atoms with Crippen molar-refractivity contribution in [3.05, 3.63) is 11.6 Å².